The first-order valence-electron chi connectivity index (χ1n) is 11.5. The number of unbranched alkanes of at least 4 members (excludes halogenated alkanes) is 5. The predicted octanol–water partition coefficient (Wildman–Crippen LogP) is 3.55. The molecule has 6 nitrogen and oxygen atoms in total. The Morgan fingerprint density at radius 2 is 0.938 bits per heavy atom. The first kappa shape index (κ1) is 25.6. The maximum Gasteiger partial charge on any atom is 0.323 e. The molecule has 0 aliphatic heterocycles. The SMILES string of the molecule is NC(Cc1ccccc1)C(=O)OCCCCCCCCOC(=O)C(N)Cc1ccccc1. The quantitative estimate of drug-likeness (QED) is 0.324. The van der Waals surface area contributed by atoms with Crippen molar-refractivity contribution in [1.82, 2.24) is 0 Å². The summed E-state index contributed by atoms with van der Waals surface area (Å²) < 4.78 is 10.6. The van der Waals surface area contributed by atoms with Crippen molar-refractivity contribution in [2.24, 2.45) is 11.5 Å². The molecule has 2 unspecified atom stereocenters. The highest BCUT2D eigenvalue weighted by Crippen LogP contribution is 2.08. The smallest absolute Gasteiger partial charge is 0.323 e. The summed E-state index contributed by atoms with van der Waals surface area (Å²) in [5.74, 6) is -0.692. The lowest BCUT2D eigenvalue weighted by Crippen LogP contribution is -2.34. The van der Waals surface area contributed by atoms with Crippen molar-refractivity contribution in [2.45, 2.75) is 63.5 Å². The van der Waals surface area contributed by atoms with Gasteiger partial charge in [-0.05, 0) is 36.8 Å². The fourth-order valence-electron chi connectivity index (χ4n) is 3.37. The molecule has 2 aromatic rings. The predicted molar refractivity (Wildman–Crippen MR) is 126 cm³/mol. The summed E-state index contributed by atoms with van der Waals surface area (Å²) >= 11 is 0. The van der Waals surface area contributed by atoms with Crippen molar-refractivity contribution in [3.63, 3.8) is 0 Å². The zero-order valence-electron chi connectivity index (χ0n) is 18.8. The van der Waals surface area contributed by atoms with Gasteiger partial charge in [0.05, 0.1) is 13.2 Å². The average molecular weight is 441 g/mol. The third-order valence-electron chi connectivity index (χ3n) is 5.23. The lowest BCUT2D eigenvalue weighted by molar-refractivity contribution is -0.146. The fourth-order valence-corrected chi connectivity index (χ4v) is 3.37. The molecule has 0 fully saturated rings. The van der Waals surface area contributed by atoms with Gasteiger partial charge in [0, 0.05) is 0 Å². The summed E-state index contributed by atoms with van der Waals surface area (Å²) in [5, 5.41) is 0. The highest BCUT2D eigenvalue weighted by atomic mass is 16.5. The largest absolute Gasteiger partial charge is 0.465 e. The Bertz CT molecular complexity index is 715. The molecule has 2 rings (SSSR count). The normalized spacial score (nSPS) is 12.7. The first-order chi connectivity index (χ1) is 15.6. The van der Waals surface area contributed by atoms with Crippen LogP contribution in [0.4, 0.5) is 0 Å². The number of esters is 2. The van der Waals surface area contributed by atoms with E-state index >= 15 is 0 Å². The van der Waals surface area contributed by atoms with Crippen LogP contribution < -0.4 is 11.5 Å². The van der Waals surface area contributed by atoms with Crippen LogP contribution in [0.1, 0.15) is 49.7 Å². The van der Waals surface area contributed by atoms with Gasteiger partial charge in [0.2, 0.25) is 0 Å². The maximum absolute atomic E-state index is 12.0. The Kier molecular flexibility index (Phi) is 12.1. The zero-order chi connectivity index (χ0) is 23.0. The Hall–Kier alpha value is -2.70. The molecule has 0 amide bonds. The number of nitrogens with two attached hydrogens (primary N) is 2. The molecule has 4 N–H and O–H groups in total. The van der Waals surface area contributed by atoms with E-state index in [1.807, 2.05) is 60.7 Å². The van der Waals surface area contributed by atoms with Crippen molar-refractivity contribution in [2.75, 3.05) is 13.2 Å². The van der Waals surface area contributed by atoms with Gasteiger partial charge in [-0.2, -0.15) is 0 Å². The van der Waals surface area contributed by atoms with Crippen LogP contribution in [0.25, 0.3) is 0 Å². The molecule has 0 aliphatic carbocycles. The van der Waals surface area contributed by atoms with E-state index in [0.29, 0.717) is 26.1 Å². The van der Waals surface area contributed by atoms with Crippen LogP contribution in [0.2, 0.25) is 0 Å². The average Bonchev–Trinajstić information content (AvgIpc) is 2.81. The molecule has 174 valence electrons. The second-order valence-corrected chi connectivity index (χ2v) is 8.05. The van der Waals surface area contributed by atoms with Crippen molar-refractivity contribution in [3.8, 4) is 0 Å². The van der Waals surface area contributed by atoms with Gasteiger partial charge < -0.3 is 20.9 Å². The van der Waals surface area contributed by atoms with Crippen LogP contribution in [0.3, 0.4) is 0 Å². The second kappa shape index (κ2) is 15.2. The first-order valence-corrected chi connectivity index (χ1v) is 11.5. The molecular formula is C26H36N2O4. The molecule has 0 radical (unpaired) electrons. The van der Waals surface area contributed by atoms with Crippen molar-refractivity contribution >= 4 is 11.9 Å². The highest BCUT2D eigenvalue weighted by Gasteiger charge is 2.16. The Morgan fingerprint density at radius 1 is 0.594 bits per heavy atom. The number of carbonyl (C=O) groups excluding carboxylic acids is 2. The summed E-state index contributed by atoms with van der Waals surface area (Å²) in [4.78, 5) is 23.9. The number of benzene rings is 2. The van der Waals surface area contributed by atoms with Gasteiger partial charge in [0.1, 0.15) is 12.1 Å². The zero-order valence-corrected chi connectivity index (χ0v) is 18.8. The number of rotatable bonds is 15. The van der Waals surface area contributed by atoms with Crippen LogP contribution in [-0.4, -0.2) is 37.2 Å². The van der Waals surface area contributed by atoms with Crippen LogP contribution >= 0.6 is 0 Å². The van der Waals surface area contributed by atoms with E-state index in [9.17, 15) is 9.59 Å². The van der Waals surface area contributed by atoms with E-state index in [-0.39, 0.29) is 11.9 Å². The monoisotopic (exact) mass is 440 g/mol. The molecule has 0 heterocycles. The molecule has 0 spiro atoms. The molecule has 32 heavy (non-hydrogen) atoms. The Labute approximate surface area is 191 Å². The lowest BCUT2D eigenvalue weighted by Gasteiger charge is -2.12. The third-order valence-corrected chi connectivity index (χ3v) is 5.23. The molecule has 0 bridgehead atoms. The van der Waals surface area contributed by atoms with Crippen LogP contribution in [-0.2, 0) is 31.9 Å². The molecule has 2 aromatic carbocycles. The molecule has 0 saturated heterocycles. The van der Waals surface area contributed by atoms with E-state index in [0.717, 1.165) is 49.7 Å². The van der Waals surface area contributed by atoms with E-state index in [1.165, 1.54) is 0 Å². The van der Waals surface area contributed by atoms with E-state index in [1.54, 1.807) is 0 Å². The van der Waals surface area contributed by atoms with E-state index in [2.05, 4.69) is 0 Å². The fraction of sp³-hybridized carbons (Fsp3) is 0.462. The molecular weight excluding hydrogens is 404 g/mol. The van der Waals surface area contributed by atoms with Gasteiger partial charge >= 0.3 is 11.9 Å². The standard InChI is InChI=1S/C26H36N2O4/c27-23(19-21-13-7-5-8-14-21)25(29)31-17-11-3-1-2-4-12-18-32-26(30)24(28)20-22-15-9-6-10-16-22/h5-10,13-16,23-24H,1-4,11-12,17-20,27-28H2. The number of hydrogen-bond acceptors (Lipinski definition) is 6. The van der Waals surface area contributed by atoms with E-state index in [4.69, 9.17) is 20.9 Å². The van der Waals surface area contributed by atoms with Gasteiger partial charge in [0.25, 0.3) is 0 Å². The summed E-state index contributed by atoms with van der Waals surface area (Å²) in [7, 11) is 0. The number of ether oxygens (including phenoxy) is 2. The molecule has 0 aliphatic rings. The van der Waals surface area contributed by atoms with Crippen molar-refractivity contribution in [1.29, 1.82) is 0 Å². The van der Waals surface area contributed by atoms with Gasteiger partial charge in [0.15, 0.2) is 0 Å². The minimum Gasteiger partial charge on any atom is -0.465 e. The third kappa shape index (κ3) is 10.6. The number of carbonyl (C=O) groups is 2. The van der Waals surface area contributed by atoms with Crippen molar-refractivity contribution in [3.05, 3.63) is 71.8 Å². The molecule has 2 atom stereocenters. The summed E-state index contributed by atoms with van der Waals surface area (Å²) in [6.45, 7) is 0.802. The van der Waals surface area contributed by atoms with E-state index < -0.39 is 12.1 Å². The Balaban J connectivity index is 1.42. The van der Waals surface area contributed by atoms with Gasteiger partial charge in [-0.3, -0.25) is 9.59 Å². The minimum atomic E-state index is -0.624. The van der Waals surface area contributed by atoms with Crippen LogP contribution in [0, 0.1) is 0 Å². The number of hydrogen-bond donors (Lipinski definition) is 2. The highest BCUT2D eigenvalue weighted by molar-refractivity contribution is 5.76. The second-order valence-electron chi connectivity index (χ2n) is 8.05. The molecule has 0 saturated carbocycles. The van der Waals surface area contributed by atoms with Gasteiger partial charge in [-0.1, -0.05) is 86.3 Å². The Morgan fingerprint density at radius 3 is 1.31 bits per heavy atom. The lowest BCUT2D eigenvalue weighted by atomic mass is 10.1. The van der Waals surface area contributed by atoms with Crippen molar-refractivity contribution < 1.29 is 19.1 Å². The summed E-state index contributed by atoms with van der Waals surface area (Å²) in [5.41, 5.74) is 13.9. The summed E-state index contributed by atoms with van der Waals surface area (Å²) in [6, 6.07) is 18.1. The van der Waals surface area contributed by atoms with Crippen LogP contribution in [0.15, 0.2) is 60.7 Å². The molecule has 6 heteroatoms. The van der Waals surface area contributed by atoms with Gasteiger partial charge in [-0.25, -0.2) is 0 Å². The molecule has 0 aromatic heterocycles. The van der Waals surface area contributed by atoms with Crippen LogP contribution in [0.5, 0.6) is 0 Å². The minimum absolute atomic E-state index is 0.346. The maximum atomic E-state index is 12.0. The topological polar surface area (TPSA) is 105 Å². The summed E-state index contributed by atoms with van der Waals surface area (Å²) in [6.07, 6.45) is 6.71. The van der Waals surface area contributed by atoms with Gasteiger partial charge in [-0.15, -0.1) is 0 Å².